The summed E-state index contributed by atoms with van der Waals surface area (Å²) in [7, 11) is 1.82. The van der Waals surface area contributed by atoms with Crippen molar-refractivity contribution in [3.63, 3.8) is 0 Å². The molecule has 4 heterocycles. The number of nitrogens with zero attached hydrogens (tertiary/aromatic N) is 5. The molecule has 0 saturated carbocycles. The Bertz CT molecular complexity index is 1230. The zero-order valence-corrected chi connectivity index (χ0v) is 21.5. The topological polar surface area (TPSA) is 91.3 Å². The van der Waals surface area contributed by atoms with Crippen LogP contribution in [0.25, 0.3) is 10.2 Å². The fourth-order valence-electron chi connectivity index (χ4n) is 4.09. The van der Waals surface area contributed by atoms with Crippen LogP contribution in [0, 0.1) is 17.2 Å². The van der Waals surface area contributed by atoms with Gasteiger partial charge in [0.15, 0.2) is 5.69 Å². The second-order valence-electron chi connectivity index (χ2n) is 10.4. The number of halogens is 1. The van der Waals surface area contributed by atoms with Crippen molar-refractivity contribution in [1.29, 1.82) is 0 Å². The van der Waals surface area contributed by atoms with Crippen LogP contribution in [-0.2, 0) is 4.79 Å². The molecule has 0 aliphatic carbocycles. The lowest BCUT2D eigenvalue weighted by molar-refractivity contribution is -0.132. The average Bonchev–Trinajstić information content (AvgIpc) is 3.22. The lowest BCUT2D eigenvalue weighted by atomic mass is 9.91. The Morgan fingerprint density at radius 1 is 1.29 bits per heavy atom. The number of likely N-dealkylation sites (tertiary alicyclic amines) is 1. The van der Waals surface area contributed by atoms with E-state index in [9.17, 15) is 14.0 Å². The number of thiophene rings is 1. The van der Waals surface area contributed by atoms with E-state index in [1.807, 2.05) is 25.4 Å². The van der Waals surface area contributed by atoms with Gasteiger partial charge in [0.1, 0.15) is 5.82 Å². The minimum atomic E-state index is -0.417. The molecule has 3 aromatic rings. The van der Waals surface area contributed by atoms with Gasteiger partial charge in [0, 0.05) is 45.2 Å². The van der Waals surface area contributed by atoms with Gasteiger partial charge < -0.3 is 15.1 Å². The molecule has 2 amide bonds. The van der Waals surface area contributed by atoms with Crippen LogP contribution in [0.4, 0.5) is 10.3 Å². The van der Waals surface area contributed by atoms with Crippen LogP contribution in [0.2, 0.25) is 0 Å². The number of carbonyl (C=O) groups excluding carboxylic acids is 2. The number of hydrogen-bond donors (Lipinski definition) is 1. The Hall–Kier alpha value is -3.14. The molecule has 0 unspecified atom stereocenters. The first-order valence-electron chi connectivity index (χ1n) is 11.7. The van der Waals surface area contributed by atoms with E-state index in [0.717, 1.165) is 10.9 Å². The quantitative estimate of drug-likeness (QED) is 0.520. The second-order valence-corrected chi connectivity index (χ2v) is 11.3. The molecular weight excluding hydrogens is 467 g/mol. The van der Waals surface area contributed by atoms with Gasteiger partial charge in [-0.3, -0.25) is 14.6 Å². The number of carbonyl (C=O) groups is 2. The molecule has 10 heteroatoms. The fraction of sp³-hybridized carbons (Fsp3) is 0.480. The lowest BCUT2D eigenvalue weighted by Gasteiger charge is -2.41. The van der Waals surface area contributed by atoms with E-state index >= 15 is 0 Å². The van der Waals surface area contributed by atoms with E-state index in [1.165, 1.54) is 17.4 Å². The van der Waals surface area contributed by atoms with Gasteiger partial charge in [-0.2, -0.15) is 0 Å². The number of nitrogens with one attached hydrogen (secondary N) is 1. The van der Waals surface area contributed by atoms with Crippen LogP contribution in [-0.4, -0.2) is 63.2 Å². The molecule has 0 bridgehead atoms. The van der Waals surface area contributed by atoms with Crippen LogP contribution >= 0.6 is 11.3 Å². The van der Waals surface area contributed by atoms with E-state index in [1.54, 1.807) is 16.0 Å². The fourth-order valence-corrected chi connectivity index (χ4v) is 4.91. The summed E-state index contributed by atoms with van der Waals surface area (Å²) in [6.45, 7) is 9.80. The Labute approximate surface area is 208 Å². The van der Waals surface area contributed by atoms with Crippen molar-refractivity contribution < 1.29 is 14.0 Å². The van der Waals surface area contributed by atoms with Gasteiger partial charge in [0.25, 0.3) is 5.91 Å². The zero-order chi connectivity index (χ0) is 25.3. The van der Waals surface area contributed by atoms with Crippen LogP contribution < -0.4 is 5.32 Å². The Kier molecular flexibility index (Phi) is 7.02. The molecule has 0 spiro atoms. The van der Waals surface area contributed by atoms with E-state index in [-0.39, 0.29) is 29.2 Å². The minimum Gasteiger partial charge on any atom is -0.348 e. The lowest BCUT2D eigenvalue weighted by Crippen LogP contribution is -2.54. The van der Waals surface area contributed by atoms with Gasteiger partial charge in [-0.25, -0.2) is 14.4 Å². The molecule has 1 saturated heterocycles. The predicted octanol–water partition coefficient (Wildman–Crippen LogP) is 4.37. The SMILES string of the molecule is C[C@H](Nc1nc(C(=O)N2CC(CN(C)C(=O)CC(C)(C)C)C2)c2sccc2n1)c1cncc(F)c1. The number of fused-ring (bicyclic) bond motifs is 1. The monoisotopic (exact) mass is 498 g/mol. The summed E-state index contributed by atoms with van der Waals surface area (Å²) >= 11 is 1.43. The summed E-state index contributed by atoms with van der Waals surface area (Å²) in [4.78, 5) is 42.2. The third-order valence-electron chi connectivity index (χ3n) is 5.96. The summed E-state index contributed by atoms with van der Waals surface area (Å²) in [5.41, 5.74) is 1.64. The molecule has 4 rings (SSSR count). The number of rotatable bonds is 7. The molecule has 1 fully saturated rings. The van der Waals surface area contributed by atoms with Crippen LogP contribution in [0.5, 0.6) is 0 Å². The maximum absolute atomic E-state index is 13.6. The third-order valence-corrected chi connectivity index (χ3v) is 6.87. The molecule has 1 N–H and O–H groups in total. The first-order valence-corrected chi connectivity index (χ1v) is 12.5. The van der Waals surface area contributed by atoms with E-state index in [4.69, 9.17) is 0 Å². The van der Waals surface area contributed by atoms with Gasteiger partial charge >= 0.3 is 0 Å². The van der Waals surface area contributed by atoms with Crippen molar-refractivity contribution in [1.82, 2.24) is 24.8 Å². The Balaban J connectivity index is 1.43. The number of hydrogen-bond acceptors (Lipinski definition) is 7. The highest BCUT2D eigenvalue weighted by molar-refractivity contribution is 7.17. The maximum atomic E-state index is 13.6. The number of amides is 2. The summed E-state index contributed by atoms with van der Waals surface area (Å²) < 4.78 is 14.3. The molecule has 0 radical (unpaired) electrons. The van der Waals surface area contributed by atoms with E-state index in [2.05, 4.69) is 41.0 Å². The molecule has 0 aromatic carbocycles. The van der Waals surface area contributed by atoms with Crippen molar-refractivity contribution in [2.45, 2.75) is 40.2 Å². The number of pyridine rings is 1. The summed E-state index contributed by atoms with van der Waals surface area (Å²) in [6, 6.07) is 2.96. The number of anilines is 1. The van der Waals surface area contributed by atoms with Crippen LogP contribution in [0.1, 0.15) is 56.2 Å². The van der Waals surface area contributed by atoms with E-state index < -0.39 is 5.82 Å². The van der Waals surface area contributed by atoms with Crippen molar-refractivity contribution in [3.05, 3.63) is 47.0 Å². The predicted molar refractivity (Wildman–Crippen MR) is 135 cm³/mol. The molecule has 186 valence electrons. The average molecular weight is 499 g/mol. The van der Waals surface area contributed by atoms with Crippen molar-refractivity contribution >= 4 is 39.3 Å². The van der Waals surface area contributed by atoms with Gasteiger partial charge in [0.2, 0.25) is 11.9 Å². The van der Waals surface area contributed by atoms with Crippen molar-refractivity contribution in [3.8, 4) is 0 Å². The van der Waals surface area contributed by atoms with Crippen LogP contribution in [0.15, 0.2) is 29.9 Å². The van der Waals surface area contributed by atoms with Crippen molar-refractivity contribution in [2.24, 2.45) is 11.3 Å². The molecule has 1 atom stereocenters. The Morgan fingerprint density at radius 2 is 2.03 bits per heavy atom. The van der Waals surface area contributed by atoms with Crippen LogP contribution in [0.3, 0.4) is 0 Å². The highest BCUT2D eigenvalue weighted by Crippen LogP contribution is 2.29. The van der Waals surface area contributed by atoms with Gasteiger partial charge in [-0.15, -0.1) is 11.3 Å². The smallest absolute Gasteiger partial charge is 0.274 e. The summed E-state index contributed by atoms with van der Waals surface area (Å²) in [5.74, 6) is 0.103. The third kappa shape index (κ3) is 5.93. The second kappa shape index (κ2) is 9.85. The molecule has 35 heavy (non-hydrogen) atoms. The number of aromatic nitrogens is 3. The Morgan fingerprint density at radius 3 is 2.71 bits per heavy atom. The summed E-state index contributed by atoms with van der Waals surface area (Å²) in [5, 5.41) is 5.05. The largest absolute Gasteiger partial charge is 0.348 e. The standard InChI is InChI=1S/C25H31FN6O2S/c1-15(17-8-18(26)11-27-10-17)28-24-29-19-6-7-35-22(19)21(30-24)23(34)32-13-16(14-32)12-31(5)20(33)9-25(2,3)4/h6-8,10-11,15-16H,9,12-14H2,1-5H3,(H,28,29,30)/t15-/m0/s1. The first-order chi connectivity index (χ1) is 16.5. The highest BCUT2D eigenvalue weighted by Gasteiger charge is 2.35. The van der Waals surface area contributed by atoms with Crippen molar-refractivity contribution in [2.75, 3.05) is 32.0 Å². The van der Waals surface area contributed by atoms with Gasteiger partial charge in [-0.05, 0) is 35.4 Å². The molecular formula is C25H31FN6O2S. The molecule has 1 aliphatic heterocycles. The first kappa shape index (κ1) is 25.0. The minimum absolute atomic E-state index is 0.0551. The summed E-state index contributed by atoms with van der Waals surface area (Å²) in [6.07, 6.45) is 3.23. The van der Waals surface area contributed by atoms with Gasteiger partial charge in [-0.1, -0.05) is 20.8 Å². The highest BCUT2D eigenvalue weighted by atomic mass is 32.1. The van der Waals surface area contributed by atoms with Gasteiger partial charge in [0.05, 0.1) is 22.5 Å². The van der Waals surface area contributed by atoms with E-state index in [0.29, 0.717) is 48.8 Å². The molecule has 8 nitrogen and oxygen atoms in total. The maximum Gasteiger partial charge on any atom is 0.274 e. The zero-order valence-electron chi connectivity index (χ0n) is 20.7. The normalized spacial score (nSPS) is 15.1. The molecule has 3 aromatic heterocycles. The molecule has 1 aliphatic rings.